The first-order chi connectivity index (χ1) is 13.4. The summed E-state index contributed by atoms with van der Waals surface area (Å²) >= 11 is 0. The van der Waals surface area contributed by atoms with Crippen molar-refractivity contribution >= 4 is 39.4 Å². The number of nitrogens with one attached hydrogen (secondary N) is 1. The first-order valence-corrected chi connectivity index (χ1v) is 10.0. The number of rotatable bonds is 10. The molecular weight excluding hydrogens is 449 g/mol. The van der Waals surface area contributed by atoms with Crippen molar-refractivity contribution in [3.05, 3.63) is 29.8 Å². The maximum Gasteiger partial charge on any atom is 0.490 e. The molecule has 0 radical (unpaired) electrons. The Labute approximate surface area is 169 Å². The number of hydrogen-bond donors (Lipinski definition) is 3. The van der Waals surface area contributed by atoms with Gasteiger partial charge in [-0.15, -0.1) is 0 Å². The second-order valence-electron chi connectivity index (χ2n) is 4.75. The van der Waals surface area contributed by atoms with E-state index in [1.54, 1.807) is 0 Å². The molecule has 0 aliphatic heterocycles. The van der Waals surface area contributed by atoms with Crippen molar-refractivity contribution in [3.63, 3.8) is 0 Å². The van der Waals surface area contributed by atoms with Crippen molar-refractivity contribution in [2.75, 3.05) is 18.1 Å². The maximum absolute atomic E-state index is 12.0. The predicted molar refractivity (Wildman–Crippen MR) is 96.3 cm³/mol. The van der Waals surface area contributed by atoms with E-state index in [-0.39, 0.29) is 18.1 Å². The number of carbonyl (C=O) groups excluding carboxylic acids is 1. The number of aliphatic carboxylic acids is 2. The molecule has 29 heavy (non-hydrogen) atoms. The highest BCUT2D eigenvalue weighted by atomic mass is 33.1. The number of carboxylic acid groups (broad SMARTS) is 2. The fourth-order valence-electron chi connectivity index (χ4n) is 1.34. The number of ether oxygens (including phenoxy) is 1. The van der Waals surface area contributed by atoms with Crippen molar-refractivity contribution in [1.29, 1.82) is 0 Å². The Balaban J connectivity index is 0.000000956. The summed E-state index contributed by atoms with van der Waals surface area (Å²) in [5.74, 6) is -2.74. The third-order valence-corrected chi connectivity index (χ3v) is 4.95. The van der Waals surface area contributed by atoms with Gasteiger partial charge < -0.3 is 20.3 Å². The first-order valence-electron chi connectivity index (χ1n) is 7.53. The van der Waals surface area contributed by atoms with Crippen LogP contribution in [0.2, 0.25) is 0 Å². The zero-order valence-electron chi connectivity index (χ0n) is 14.4. The zero-order valence-corrected chi connectivity index (χ0v) is 16.1. The molecule has 1 aromatic rings. The van der Waals surface area contributed by atoms with E-state index in [0.29, 0.717) is 23.6 Å². The Morgan fingerprint density at radius 2 is 1.55 bits per heavy atom. The molecule has 0 heterocycles. The highest BCUT2D eigenvalue weighted by molar-refractivity contribution is 8.76. The smallest absolute Gasteiger partial charge is 0.481 e. The zero-order chi connectivity index (χ0) is 22.4. The van der Waals surface area contributed by atoms with Gasteiger partial charge in [0.25, 0.3) is 5.91 Å². The predicted octanol–water partition coefficient (Wildman–Crippen LogP) is 3.51. The fraction of sp³-hybridized carbons (Fsp3) is 0.400. The number of alkyl halides is 5. The molecular formula is C15H16F5NO6S2. The Morgan fingerprint density at radius 1 is 1.03 bits per heavy atom. The molecule has 1 amide bonds. The van der Waals surface area contributed by atoms with Crippen LogP contribution in [0.15, 0.2) is 24.3 Å². The lowest BCUT2D eigenvalue weighted by Crippen LogP contribution is -2.25. The van der Waals surface area contributed by atoms with Crippen LogP contribution in [-0.2, 0) is 9.59 Å². The monoisotopic (exact) mass is 465 g/mol. The molecule has 0 unspecified atom stereocenters. The normalized spacial score (nSPS) is 10.7. The van der Waals surface area contributed by atoms with Gasteiger partial charge in [0.1, 0.15) is 5.75 Å². The van der Waals surface area contributed by atoms with E-state index < -0.39 is 24.7 Å². The number of benzene rings is 1. The molecule has 0 saturated heterocycles. The van der Waals surface area contributed by atoms with E-state index >= 15 is 0 Å². The van der Waals surface area contributed by atoms with Crippen LogP contribution in [0.1, 0.15) is 16.8 Å². The molecule has 0 atom stereocenters. The largest absolute Gasteiger partial charge is 0.490 e. The van der Waals surface area contributed by atoms with Crippen LogP contribution in [-0.4, -0.2) is 58.9 Å². The van der Waals surface area contributed by atoms with Crippen LogP contribution < -0.4 is 10.1 Å². The van der Waals surface area contributed by atoms with Gasteiger partial charge in [-0.1, -0.05) is 21.6 Å². The minimum atomic E-state index is -5.08. The SMILES string of the molecule is O=C(O)C(F)(F)F.O=C(O)CCSSCCNC(=O)c1ccc(OC(F)F)cc1. The van der Waals surface area contributed by atoms with E-state index in [0.717, 1.165) is 0 Å². The van der Waals surface area contributed by atoms with Gasteiger partial charge in [-0.3, -0.25) is 9.59 Å². The van der Waals surface area contributed by atoms with Gasteiger partial charge in [0.05, 0.1) is 6.42 Å². The van der Waals surface area contributed by atoms with Gasteiger partial charge in [-0.05, 0) is 24.3 Å². The first kappa shape index (κ1) is 26.8. The van der Waals surface area contributed by atoms with Crippen LogP contribution in [0, 0.1) is 0 Å². The summed E-state index contributed by atoms with van der Waals surface area (Å²) in [5, 5.41) is 18.3. The molecule has 0 spiro atoms. The maximum atomic E-state index is 12.0. The number of amides is 1. The molecule has 0 saturated carbocycles. The second kappa shape index (κ2) is 13.9. The second-order valence-corrected chi connectivity index (χ2v) is 7.45. The lowest BCUT2D eigenvalue weighted by molar-refractivity contribution is -0.192. The van der Waals surface area contributed by atoms with E-state index in [2.05, 4.69) is 10.1 Å². The molecule has 1 rings (SSSR count). The minimum Gasteiger partial charge on any atom is -0.481 e. The molecule has 3 N–H and O–H groups in total. The summed E-state index contributed by atoms with van der Waals surface area (Å²) < 4.78 is 59.9. The third kappa shape index (κ3) is 14.4. The average Bonchev–Trinajstić information content (AvgIpc) is 2.60. The quantitative estimate of drug-likeness (QED) is 0.273. The fourth-order valence-corrected chi connectivity index (χ4v) is 3.23. The molecule has 7 nitrogen and oxygen atoms in total. The summed E-state index contributed by atoms with van der Waals surface area (Å²) in [6, 6.07) is 5.42. The molecule has 164 valence electrons. The molecule has 0 aromatic heterocycles. The van der Waals surface area contributed by atoms with Crippen molar-refractivity contribution in [2.24, 2.45) is 0 Å². The van der Waals surface area contributed by atoms with E-state index in [1.165, 1.54) is 45.9 Å². The molecule has 14 heteroatoms. The summed E-state index contributed by atoms with van der Waals surface area (Å²) in [6.45, 7) is -2.46. The summed E-state index contributed by atoms with van der Waals surface area (Å²) in [4.78, 5) is 30.9. The van der Waals surface area contributed by atoms with Gasteiger partial charge in [-0.2, -0.15) is 22.0 Å². The molecule has 0 aliphatic carbocycles. The van der Waals surface area contributed by atoms with Crippen molar-refractivity contribution in [2.45, 2.75) is 19.2 Å². The number of hydrogen-bond acceptors (Lipinski definition) is 6. The van der Waals surface area contributed by atoms with Gasteiger partial charge in [0, 0.05) is 23.6 Å². The van der Waals surface area contributed by atoms with E-state index in [9.17, 15) is 31.5 Å². The highest BCUT2D eigenvalue weighted by Gasteiger charge is 2.38. The van der Waals surface area contributed by atoms with Crippen LogP contribution >= 0.6 is 21.6 Å². The molecule has 0 fully saturated rings. The minimum absolute atomic E-state index is 0.00284. The Bertz CT molecular complexity index is 658. The standard InChI is InChI=1S/C13H15F2NO4S2.C2HF3O2/c14-13(15)20-10-3-1-9(2-4-10)12(19)16-6-8-22-21-7-5-11(17)18;3-2(4,5)1(6)7/h1-4,13H,5-8H2,(H,16,19)(H,17,18);(H,6,7). The van der Waals surface area contributed by atoms with Crippen molar-refractivity contribution < 1.29 is 51.3 Å². The van der Waals surface area contributed by atoms with Crippen LogP contribution in [0.5, 0.6) is 5.75 Å². The molecule has 0 aliphatic rings. The van der Waals surface area contributed by atoms with Crippen LogP contribution in [0.3, 0.4) is 0 Å². The van der Waals surface area contributed by atoms with E-state index in [4.69, 9.17) is 15.0 Å². The number of carbonyl (C=O) groups is 3. The summed E-state index contributed by atoms with van der Waals surface area (Å²) in [5.41, 5.74) is 0.352. The van der Waals surface area contributed by atoms with E-state index in [1.807, 2.05) is 0 Å². The highest BCUT2D eigenvalue weighted by Crippen LogP contribution is 2.21. The van der Waals surface area contributed by atoms with Crippen LogP contribution in [0.4, 0.5) is 22.0 Å². The van der Waals surface area contributed by atoms with Crippen molar-refractivity contribution in [3.8, 4) is 5.75 Å². The van der Waals surface area contributed by atoms with Gasteiger partial charge in [-0.25, -0.2) is 4.79 Å². The Morgan fingerprint density at radius 3 is 2.00 bits per heavy atom. The summed E-state index contributed by atoms with van der Waals surface area (Å²) in [6.07, 6.45) is -4.98. The topological polar surface area (TPSA) is 113 Å². The lowest BCUT2D eigenvalue weighted by Gasteiger charge is -2.07. The van der Waals surface area contributed by atoms with Gasteiger partial charge in [0.2, 0.25) is 0 Å². The van der Waals surface area contributed by atoms with Crippen LogP contribution in [0.25, 0.3) is 0 Å². The molecule has 0 bridgehead atoms. The number of carboxylic acids is 2. The lowest BCUT2D eigenvalue weighted by atomic mass is 10.2. The Kier molecular flexibility index (Phi) is 12.8. The Hall–Kier alpha value is -2.22. The molecule has 1 aromatic carbocycles. The van der Waals surface area contributed by atoms with Crippen molar-refractivity contribution in [1.82, 2.24) is 5.32 Å². The average molecular weight is 465 g/mol. The number of halogens is 5. The summed E-state index contributed by atoms with van der Waals surface area (Å²) in [7, 11) is 2.91. The van der Waals surface area contributed by atoms with Gasteiger partial charge >= 0.3 is 24.7 Å². The third-order valence-electron chi connectivity index (χ3n) is 2.54. The van der Waals surface area contributed by atoms with Gasteiger partial charge in [0.15, 0.2) is 0 Å².